The molecule has 0 aliphatic carbocycles. The summed E-state index contributed by atoms with van der Waals surface area (Å²) >= 11 is 5.71. The Labute approximate surface area is 70.9 Å². The quantitative estimate of drug-likeness (QED) is 0.646. The Balaban J connectivity index is 2.79. The summed E-state index contributed by atoms with van der Waals surface area (Å²) in [6, 6.07) is 7.37. The molecule has 0 heterocycles. The van der Waals surface area contributed by atoms with Gasteiger partial charge in [-0.1, -0.05) is 35.9 Å². The third-order valence-corrected chi connectivity index (χ3v) is 1.49. The smallest absolute Gasteiger partial charge is 0.101 e. The molecule has 0 N–H and O–H groups in total. The predicted octanol–water partition coefficient (Wildman–Crippen LogP) is 2.78. The number of benzene rings is 1. The van der Waals surface area contributed by atoms with Crippen LogP contribution in [0.5, 0.6) is 0 Å². The molecule has 0 atom stereocenters. The van der Waals surface area contributed by atoms with E-state index in [4.69, 9.17) is 11.6 Å². The third-order valence-electron chi connectivity index (χ3n) is 1.26. The minimum atomic E-state index is -0.188. The summed E-state index contributed by atoms with van der Waals surface area (Å²) in [5.74, 6) is 0. The maximum Gasteiger partial charge on any atom is 0.101 e. The first-order valence-electron chi connectivity index (χ1n) is 3.33. The standard InChI is InChI=1S/C9H8ClO/c10-9-5-1-3-8(7-9)4-2-6-11/h1-5,7H,6H2. The Morgan fingerprint density at radius 3 is 2.91 bits per heavy atom. The van der Waals surface area contributed by atoms with Crippen molar-refractivity contribution in [2.24, 2.45) is 0 Å². The maximum atomic E-state index is 10.1. The molecule has 0 unspecified atom stereocenters. The Bertz CT molecular complexity index is 255. The highest BCUT2D eigenvalue weighted by atomic mass is 35.5. The topological polar surface area (TPSA) is 19.9 Å². The molecule has 0 amide bonds. The summed E-state index contributed by atoms with van der Waals surface area (Å²) in [4.78, 5) is 0. The van der Waals surface area contributed by atoms with Gasteiger partial charge in [-0.25, -0.2) is 5.11 Å². The van der Waals surface area contributed by atoms with Crippen molar-refractivity contribution >= 4 is 17.7 Å². The summed E-state index contributed by atoms with van der Waals surface area (Å²) in [7, 11) is 0. The molecule has 57 valence electrons. The molecular formula is C9H8ClO. The fourth-order valence-corrected chi connectivity index (χ4v) is 0.993. The Morgan fingerprint density at radius 1 is 1.45 bits per heavy atom. The van der Waals surface area contributed by atoms with Gasteiger partial charge in [0.2, 0.25) is 0 Å². The molecular weight excluding hydrogens is 160 g/mol. The van der Waals surface area contributed by atoms with Crippen LogP contribution in [-0.4, -0.2) is 6.61 Å². The molecule has 0 aliphatic rings. The van der Waals surface area contributed by atoms with E-state index in [2.05, 4.69) is 0 Å². The zero-order chi connectivity index (χ0) is 8.10. The van der Waals surface area contributed by atoms with Crippen molar-refractivity contribution in [1.82, 2.24) is 0 Å². The van der Waals surface area contributed by atoms with Crippen molar-refractivity contribution in [3.63, 3.8) is 0 Å². The first-order chi connectivity index (χ1) is 5.33. The van der Waals surface area contributed by atoms with Crippen LogP contribution in [0.25, 0.3) is 6.08 Å². The van der Waals surface area contributed by atoms with Gasteiger partial charge in [0.05, 0.1) is 0 Å². The average Bonchev–Trinajstić information content (AvgIpc) is 2.01. The van der Waals surface area contributed by atoms with Crippen LogP contribution in [-0.2, 0) is 5.11 Å². The van der Waals surface area contributed by atoms with E-state index in [0.29, 0.717) is 5.02 Å². The zero-order valence-corrected chi connectivity index (χ0v) is 6.71. The van der Waals surface area contributed by atoms with E-state index in [1.807, 2.05) is 18.2 Å². The van der Waals surface area contributed by atoms with E-state index >= 15 is 0 Å². The van der Waals surface area contributed by atoms with Gasteiger partial charge in [0.15, 0.2) is 0 Å². The van der Waals surface area contributed by atoms with E-state index in [1.54, 1.807) is 18.2 Å². The van der Waals surface area contributed by atoms with Crippen LogP contribution >= 0.6 is 11.6 Å². The molecule has 0 aromatic heterocycles. The SMILES string of the molecule is [O]CC=Cc1cccc(Cl)c1. The van der Waals surface area contributed by atoms with Gasteiger partial charge in [-0.05, 0) is 17.7 Å². The Hall–Kier alpha value is -0.790. The molecule has 0 spiro atoms. The molecule has 11 heavy (non-hydrogen) atoms. The molecule has 0 fully saturated rings. The molecule has 2 heteroatoms. The summed E-state index contributed by atoms with van der Waals surface area (Å²) in [6.45, 7) is -0.188. The molecule has 0 saturated heterocycles. The first-order valence-corrected chi connectivity index (χ1v) is 3.71. The highest BCUT2D eigenvalue weighted by molar-refractivity contribution is 6.30. The molecule has 1 aromatic carbocycles. The molecule has 0 saturated carbocycles. The summed E-state index contributed by atoms with van der Waals surface area (Å²) in [5, 5.41) is 10.8. The second-order valence-electron chi connectivity index (χ2n) is 2.12. The summed E-state index contributed by atoms with van der Waals surface area (Å²) in [5.41, 5.74) is 0.966. The van der Waals surface area contributed by atoms with Crippen molar-refractivity contribution in [3.05, 3.63) is 40.9 Å². The summed E-state index contributed by atoms with van der Waals surface area (Å²) < 4.78 is 0. The van der Waals surface area contributed by atoms with Crippen molar-refractivity contribution in [2.45, 2.75) is 0 Å². The lowest BCUT2D eigenvalue weighted by Crippen LogP contribution is -1.72. The third kappa shape index (κ3) is 2.74. The van der Waals surface area contributed by atoms with E-state index in [-0.39, 0.29) is 6.61 Å². The lowest BCUT2D eigenvalue weighted by Gasteiger charge is -1.92. The highest BCUT2D eigenvalue weighted by Crippen LogP contribution is 2.11. The molecule has 1 radical (unpaired) electrons. The first kappa shape index (κ1) is 8.31. The monoisotopic (exact) mass is 167 g/mol. The molecule has 1 nitrogen and oxygen atoms in total. The van der Waals surface area contributed by atoms with Gasteiger partial charge in [0.1, 0.15) is 6.61 Å². The van der Waals surface area contributed by atoms with Gasteiger partial charge in [-0.2, -0.15) is 0 Å². The van der Waals surface area contributed by atoms with Crippen LogP contribution in [0.1, 0.15) is 5.56 Å². The normalized spacial score (nSPS) is 10.7. The van der Waals surface area contributed by atoms with Crippen molar-refractivity contribution in [3.8, 4) is 0 Å². The Kier molecular flexibility index (Phi) is 3.14. The molecule has 1 rings (SSSR count). The van der Waals surface area contributed by atoms with E-state index in [9.17, 15) is 5.11 Å². The second kappa shape index (κ2) is 4.16. The maximum absolute atomic E-state index is 10.1. The minimum Gasteiger partial charge on any atom is -0.232 e. The average molecular weight is 168 g/mol. The predicted molar refractivity (Wildman–Crippen MR) is 46.0 cm³/mol. The van der Waals surface area contributed by atoms with E-state index in [1.165, 1.54) is 0 Å². The molecule has 0 aliphatic heterocycles. The highest BCUT2D eigenvalue weighted by Gasteiger charge is 1.87. The largest absolute Gasteiger partial charge is 0.232 e. The number of hydrogen-bond donors (Lipinski definition) is 0. The fraction of sp³-hybridized carbons (Fsp3) is 0.111. The van der Waals surface area contributed by atoms with Crippen molar-refractivity contribution < 1.29 is 5.11 Å². The van der Waals surface area contributed by atoms with Crippen LogP contribution in [0.15, 0.2) is 30.3 Å². The van der Waals surface area contributed by atoms with Crippen molar-refractivity contribution in [1.29, 1.82) is 0 Å². The minimum absolute atomic E-state index is 0.188. The lowest BCUT2D eigenvalue weighted by atomic mass is 10.2. The fourth-order valence-electron chi connectivity index (χ4n) is 0.794. The van der Waals surface area contributed by atoms with Gasteiger partial charge in [-0.3, -0.25) is 0 Å². The van der Waals surface area contributed by atoms with Gasteiger partial charge >= 0.3 is 0 Å². The van der Waals surface area contributed by atoms with Crippen LogP contribution in [0.3, 0.4) is 0 Å². The van der Waals surface area contributed by atoms with Gasteiger partial charge in [-0.15, -0.1) is 0 Å². The zero-order valence-electron chi connectivity index (χ0n) is 5.96. The summed E-state index contributed by atoms with van der Waals surface area (Å²) in [6.07, 6.45) is 3.32. The van der Waals surface area contributed by atoms with Crippen molar-refractivity contribution in [2.75, 3.05) is 6.61 Å². The van der Waals surface area contributed by atoms with Gasteiger partial charge < -0.3 is 0 Å². The number of halogens is 1. The van der Waals surface area contributed by atoms with E-state index in [0.717, 1.165) is 5.56 Å². The van der Waals surface area contributed by atoms with Gasteiger partial charge in [0.25, 0.3) is 0 Å². The molecule has 1 aromatic rings. The van der Waals surface area contributed by atoms with Crippen LogP contribution in [0.2, 0.25) is 5.02 Å². The second-order valence-corrected chi connectivity index (χ2v) is 2.56. The van der Waals surface area contributed by atoms with Crippen LogP contribution in [0.4, 0.5) is 0 Å². The lowest BCUT2D eigenvalue weighted by molar-refractivity contribution is 0.233. The number of rotatable bonds is 2. The van der Waals surface area contributed by atoms with Crippen LogP contribution in [0, 0.1) is 0 Å². The number of hydrogen-bond acceptors (Lipinski definition) is 0. The van der Waals surface area contributed by atoms with E-state index < -0.39 is 0 Å². The van der Waals surface area contributed by atoms with Gasteiger partial charge in [0, 0.05) is 5.02 Å². The molecule has 0 bridgehead atoms. The van der Waals surface area contributed by atoms with Crippen LogP contribution < -0.4 is 0 Å². The Morgan fingerprint density at radius 2 is 2.27 bits per heavy atom.